The number of hydrogen-bond acceptors (Lipinski definition) is 23. The molecule has 0 amide bonds. The minimum Gasteiger partial charge on any atom is -0.506 e. The molecule has 0 fully saturated rings. The Morgan fingerprint density at radius 1 is 0.153 bits per heavy atom. The maximum atomic E-state index is 11.7. The summed E-state index contributed by atoms with van der Waals surface area (Å²) in [4.78, 5) is 0. The normalized spacial score (nSPS) is 11.9. The Morgan fingerprint density at radius 2 is 0.407 bits per heavy atom. The van der Waals surface area contributed by atoms with Gasteiger partial charge in [0.1, 0.15) is 5.75 Å². The monoisotopic (exact) mass is 822 g/mol. The Balaban J connectivity index is 1.81. The molecule has 0 spiro atoms. The zero-order valence-corrected chi connectivity index (χ0v) is 28.2. The van der Waals surface area contributed by atoms with Gasteiger partial charge in [-0.3, -0.25) is 0 Å². The lowest BCUT2D eigenvalue weighted by Crippen LogP contribution is -1.96. The molecule has 0 unspecified atom stereocenters. The first-order valence-electron chi connectivity index (χ1n) is 15.8. The van der Waals surface area contributed by atoms with Crippen LogP contribution in [0.25, 0.3) is 76.5 Å². The topological polar surface area (TPSA) is 458 Å². The van der Waals surface area contributed by atoms with E-state index in [4.69, 9.17) is 4.42 Å². The van der Waals surface area contributed by atoms with Gasteiger partial charge in [0.15, 0.2) is 68.7 Å². The summed E-state index contributed by atoms with van der Waals surface area (Å²) in [6.07, 6.45) is 0. The molecule has 304 valence electrons. The van der Waals surface area contributed by atoms with E-state index in [0.29, 0.717) is 0 Å². The Bertz CT molecular complexity index is 3230. The first-order chi connectivity index (χ1) is 27.5. The highest BCUT2D eigenvalue weighted by atomic mass is 16.4. The second-order valence-corrected chi connectivity index (χ2v) is 12.9. The number of phenolic OH excluding ortho intramolecular Hbond substituents is 22. The molecule has 0 bridgehead atoms. The van der Waals surface area contributed by atoms with E-state index in [2.05, 4.69) is 0 Å². The molecule has 1 heterocycles. The molecule has 0 saturated carbocycles. The van der Waals surface area contributed by atoms with Crippen molar-refractivity contribution < 1.29 is 117 Å². The van der Waals surface area contributed by atoms with Gasteiger partial charge in [0.05, 0.1) is 21.7 Å². The third-order valence-corrected chi connectivity index (χ3v) is 10.0. The molecule has 0 saturated heterocycles. The maximum absolute atomic E-state index is 11.7. The molecule has 0 aliphatic rings. The van der Waals surface area contributed by atoms with Crippen LogP contribution in [0.5, 0.6) is 126 Å². The fourth-order valence-corrected chi connectivity index (χ4v) is 7.37. The SMILES string of the molecule is Oc1c(O)c(O)c(-c2c3c(O)c(O)c(O)c(O)c3c(-c3c(O)c(O)c(O)c4oc5c(O)c6c(O)c(O)c(O)c(O)c6c(O)c5c34)c3c(O)c(O)c(O)c(O)c23)c(O)c1O. The van der Waals surface area contributed by atoms with E-state index in [0.717, 1.165) is 0 Å². The van der Waals surface area contributed by atoms with Crippen molar-refractivity contribution in [3.8, 4) is 149 Å². The number of aromatic hydroxyl groups is 22. The Kier molecular flexibility index (Phi) is 6.94. The van der Waals surface area contributed by atoms with Gasteiger partial charge in [0, 0.05) is 43.6 Å². The summed E-state index contributed by atoms with van der Waals surface area (Å²) in [6, 6.07) is 0. The van der Waals surface area contributed by atoms with Crippen LogP contribution in [0.15, 0.2) is 4.42 Å². The summed E-state index contributed by atoms with van der Waals surface area (Å²) in [7, 11) is 0. The van der Waals surface area contributed by atoms with E-state index < -0.39 is 203 Å². The predicted molar refractivity (Wildman–Crippen MR) is 194 cm³/mol. The molecule has 8 rings (SSSR count). The number of benzene rings is 7. The van der Waals surface area contributed by atoms with Crippen LogP contribution in [0, 0.1) is 0 Å². The van der Waals surface area contributed by atoms with E-state index in [1.54, 1.807) is 0 Å². The number of rotatable bonds is 2. The largest absolute Gasteiger partial charge is 0.506 e. The standard InChI is InChI=1S/C36H22O23/c37-13-10-11(22(46)29(53)28(52)21(10)45)23(47)36-12(13)8-7(18(42)32(56)34(58)35(8)59-36)1-3-5(16(40)26(50)24(48)14(3)38)2(6-4(1)15(39)25(49)27(51)17(6)41)9-19(43)30(54)33(57)31(55)20(9)44/h37-58H. The van der Waals surface area contributed by atoms with Gasteiger partial charge in [-0.25, -0.2) is 0 Å². The van der Waals surface area contributed by atoms with Crippen molar-refractivity contribution in [3.05, 3.63) is 0 Å². The molecule has 23 heteroatoms. The van der Waals surface area contributed by atoms with E-state index in [9.17, 15) is 112 Å². The van der Waals surface area contributed by atoms with Gasteiger partial charge in [0.25, 0.3) is 0 Å². The molecular formula is C36H22O23. The fourth-order valence-electron chi connectivity index (χ4n) is 7.37. The summed E-state index contributed by atoms with van der Waals surface area (Å²) in [5.41, 5.74) is -7.31. The van der Waals surface area contributed by atoms with Gasteiger partial charge in [-0.05, 0) is 0 Å². The minimum absolute atomic E-state index is 1.00. The van der Waals surface area contributed by atoms with Crippen LogP contribution in [0.1, 0.15) is 0 Å². The van der Waals surface area contributed by atoms with Gasteiger partial charge in [-0.2, -0.15) is 0 Å². The van der Waals surface area contributed by atoms with Gasteiger partial charge < -0.3 is 117 Å². The fraction of sp³-hybridized carbons (Fsp3) is 0. The molecule has 0 aliphatic carbocycles. The van der Waals surface area contributed by atoms with E-state index >= 15 is 0 Å². The first-order valence-corrected chi connectivity index (χ1v) is 15.8. The third-order valence-electron chi connectivity index (χ3n) is 10.0. The molecule has 23 nitrogen and oxygen atoms in total. The smallest absolute Gasteiger partial charge is 0.208 e. The van der Waals surface area contributed by atoms with Gasteiger partial charge in [0.2, 0.25) is 63.2 Å². The molecule has 7 aromatic carbocycles. The summed E-state index contributed by atoms with van der Waals surface area (Å²) >= 11 is 0. The average Bonchev–Trinajstić information content (AvgIpc) is 3.61. The lowest BCUT2D eigenvalue weighted by molar-refractivity contribution is 0.330. The van der Waals surface area contributed by atoms with Crippen molar-refractivity contribution in [2.45, 2.75) is 0 Å². The van der Waals surface area contributed by atoms with Crippen molar-refractivity contribution in [1.29, 1.82) is 0 Å². The third kappa shape index (κ3) is 4.02. The van der Waals surface area contributed by atoms with Crippen molar-refractivity contribution in [2.24, 2.45) is 0 Å². The minimum atomic E-state index is -1.67. The highest BCUT2D eigenvalue weighted by molar-refractivity contribution is 6.34. The van der Waals surface area contributed by atoms with Crippen LogP contribution in [-0.2, 0) is 0 Å². The quantitative estimate of drug-likeness (QED) is 0.0667. The molecule has 22 N–H and O–H groups in total. The molecular weight excluding hydrogens is 800 g/mol. The average molecular weight is 823 g/mol. The zero-order chi connectivity index (χ0) is 43.5. The summed E-state index contributed by atoms with van der Waals surface area (Å²) in [5.74, 6) is -34.5. The highest BCUT2D eigenvalue weighted by Crippen LogP contribution is 2.68. The lowest BCUT2D eigenvalue weighted by Gasteiger charge is -2.24. The summed E-state index contributed by atoms with van der Waals surface area (Å²) in [6.45, 7) is 0. The number of hydrogen-bond donors (Lipinski definition) is 22. The predicted octanol–water partition coefficient (Wildman–Crippen LogP) is 3.90. The van der Waals surface area contributed by atoms with Gasteiger partial charge >= 0.3 is 0 Å². The summed E-state index contributed by atoms with van der Waals surface area (Å²) < 4.78 is 5.53. The zero-order valence-electron chi connectivity index (χ0n) is 28.2. The van der Waals surface area contributed by atoms with E-state index in [1.807, 2.05) is 0 Å². The second-order valence-electron chi connectivity index (χ2n) is 12.9. The van der Waals surface area contributed by atoms with Crippen LogP contribution in [0.2, 0.25) is 0 Å². The van der Waals surface area contributed by atoms with E-state index in [1.165, 1.54) is 0 Å². The van der Waals surface area contributed by atoms with Crippen molar-refractivity contribution in [3.63, 3.8) is 0 Å². The Morgan fingerprint density at radius 3 is 0.797 bits per heavy atom. The lowest BCUT2D eigenvalue weighted by atomic mass is 9.81. The Labute approximate surface area is 319 Å². The molecule has 1 aromatic heterocycles. The first kappa shape index (κ1) is 36.7. The molecule has 8 aromatic rings. The maximum Gasteiger partial charge on any atom is 0.208 e. The summed E-state index contributed by atoms with van der Waals surface area (Å²) in [5, 5.41) is 232. The number of furan rings is 1. The molecule has 0 radical (unpaired) electrons. The van der Waals surface area contributed by atoms with Crippen LogP contribution < -0.4 is 0 Å². The highest BCUT2D eigenvalue weighted by Gasteiger charge is 2.39. The van der Waals surface area contributed by atoms with E-state index in [-0.39, 0.29) is 0 Å². The van der Waals surface area contributed by atoms with Crippen molar-refractivity contribution >= 4 is 54.3 Å². The van der Waals surface area contributed by atoms with Crippen LogP contribution in [0.4, 0.5) is 0 Å². The number of fused-ring (bicyclic) bond motifs is 6. The van der Waals surface area contributed by atoms with Crippen molar-refractivity contribution in [2.75, 3.05) is 0 Å². The van der Waals surface area contributed by atoms with Gasteiger partial charge in [-0.15, -0.1) is 0 Å². The van der Waals surface area contributed by atoms with Crippen molar-refractivity contribution in [1.82, 2.24) is 0 Å². The number of phenols is 22. The van der Waals surface area contributed by atoms with Crippen LogP contribution in [-0.4, -0.2) is 112 Å². The van der Waals surface area contributed by atoms with Crippen LogP contribution >= 0.6 is 0 Å². The second kappa shape index (κ2) is 11.2. The molecule has 0 aliphatic heterocycles. The molecule has 0 atom stereocenters. The van der Waals surface area contributed by atoms with Gasteiger partial charge in [-0.1, -0.05) is 0 Å². The molecule has 59 heavy (non-hydrogen) atoms. The Hall–Kier alpha value is -9.28. The van der Waals surface area contributed by atoms with Crippen LogP contribution in [0.3, 0.4) is 0 Å².